The van der Waals surface area contributed by atoms with E-state index >= 15 is 0 Å². The number of hydrogen-bond acceptors (Lipinski definition) is 3. The summed E-state index contributed by atoms with van der Waals surface area (Å²) in [4.78, 5) is 12.3. The largest absolute Gasteiger partial charge is 0.468 e. The smallest absolute Gasteiger partial charge is 0.166 e. The van der Waals surface area contributed by atoms with Gasteiger partial charge in [-0.25, -0.2) is 0 Å². The summed E-state index contributed by atoms with van der Waals surface area (Å²) in [5.74, 6) is 1.29. The predicted octanol–water partition coefficient (Wildman–Crippen LogP) is 3.07. The molecule has 18 heavy (non-hydrogen) atoms. The maximum atomic E-state index is 12.3. The van der Waals surface area contributed by atoms with Crippen LogP contribution in [0.25, 0.3) is 0 Å². The zero-order valence-corrected chi connectivity index (χ0v) is 10.9. The summed E-state index contributed by atoms with van der Waals surface area (Å²) >= 11 is 0. The van der Waals surface area contributed by atoms with E-state index in [-0.39, 0.29) is 18.0 Å². The van der Waals surface area contributed by atoms with Gasteiger partial charge in [0.2, 0.25) is 0 Å². The fraction of sp³-hybridized carbons (Fsp3) is 0.533. The van der Waals surface area contributed by atoms with Gasteiger partial charge in [0.25, 0.3) is 0 Å². The monoisotopic (exact) mass is 246 g/mol. The second kappa shape index (κ2) is 4.09. The van der Waals surface area contributed by atoms with Crippen LogP contribution in [0.2, 0.25) is 0 Å². The van der Waals surface area contributed by atoms with Crippen molar-refractivity contribution in [1.82, 2.24) is 0 Å². The van der Waals surface area contributed by atoms with Gasteiger partial charge < -0.3 is 9.15 Å². The number of furan rings is 1. The van der Waals surface area contributed by atoms with Gasteiger partial charge in [-0.2, -0.15) is 0 Å². The highest BCUT2D eigenvalue weighted by Crippen LogP contribution is 2.38. The van der Waals surface area contributed by atoms with Gasteiger partial charge >= 0.3 is 0 Å². The predicted molar refractivity (Wildman–Crippen MR) is 67.7 cm³/mol. The fourth-order valence-electron chi connectivity index (χ4n) is 2.89. The van der Waals surface area contributed by atoms with Crippen molar-refractivity contribution in [3.05, 3.63) is 35.3 Å². The van der Waals surface area contributed by atoms with E-state index in [1.165, 1.54) is 0 Å². The number of rotatable bonds is 0. The lowest BCUT2D eigenvalue weighted by molar-refractivity contribution is 0.0958. The number of epoxide rings is 1. The Hall–Kier alpha value is -1.35. The van der Waals surface area contributed by atoms with E-state index in [9.17, 15) is 4.79 Å². The number of carbonyl (C=O) groups excluding carboxylic acids is 1. The Morgan fingerprint density at radius 2 is 2.22 bits per heavy atom. The normalized spacial score (nSPS) is 31.8. The molecule has 0 amide bonds. The molecule has 0 aromatic carbocycles. The first-order valence-electron chi connectivity index (χ1n) is 6.49. The van der Waals surface area contributed by atoms with Gasteiger partial charge in [-0.15, -0.1) is 0 Å². The number of ether oxygens (including phenoxy) is 1. The van der Waals surface area contributed by atoms with Gasteiger partial charge in [0.1, 0.15) is 11.9 Å². The molecule has 1 fully saturated rings. The molecule has 0 radical (unpaired) electrons. The zero-order valence-electron chi connectivity index (χ0n) is 10.9. The van der Waals surface area contributed by atoms with Crippen LogP contribution in [-0.4, -0.2) is 18.0 Å². The molecule has 3 nitrogen and oxygen atoms in total. The van der Waals surface area contributed by atoms with Crippen molar-refractivity contribution in [2.45, 2.75) is 45.3 Å². The van der Waals surface area contributed by atoms with Crippen molar-refractivity contribution >= 4 is 5.78 Å². The zero-order chi connectivity index (χ0) is 12.9. The Kier molecular flexibility index (Phi) is 2.67. The highest BCUT2D eigenvalue weighted by Gasteiger charge is 2.42. The SMILES string of the molecule is C=C1Cc2occ(C)c2C(=O)C[C@H](C)C[C@@H]2O[C@@H]12. The molecule has 2 aliphatic rings. The van der Waals surface area contributed by atoms with Crippen molar-refractivity contribution in [2.24, 2.45) is 5.92 Å². The summed E-state index contributed by atoms with van der Waals surface area (Å²) in [7, 11) is 0. The van der Waals surface area contributed by atoms with Gasteiger partial charge in [-0.3, -0.25) is 4.79 Å². The second-order valence-corrected chi connectivity index (χ2v) is 5.62. The molecule has 3 atom stereocenters. The Bertz CT molecular complexity index is 512. The van der Waals surface area contributed by atoms with Crippen LogP contribution in [0.15, 0.2) is 22.8 Å². The van der Waals surface area contributed by atoms with Gasteiger partial charge in [0.15, 0.2) is 5.78 Å². The highest BCUT2D eigenvalue weighted by molar-refractivity contribution is 5.98. The Labute approximate surface area is 107 Å². The Morgan fingerprint density at radius 3 is 3.00 bits per heavy atom. The van der Waals surface area contributed by atoms with Crippen LogP contribution in [0.1, 0.15) is 41.4 Å². The maximum Gasteiger partial charge on any atom is 0.166 e. The average molecular weight is 246 g/mol. The number of hydrogen-bond donors (Lipinski definition) is 0. The molecular formula is C15H18O3. The molecule has 96 valence electrons. The minimum atomic E-state index is 0.166. The Balaban J connectivity index is 1.97. The highest BCUT2D eigenvalue weighted by atomic mass is 16.6. The summed E-state index contributed by atoms with van der Waals surface area (Å²) in [6, 6.07) is 0. The van der Waals surface area contributed by atoms with Crippen molar-refractivity contribution in [3.8, 4) is 0 Å². The molecule has 0 saturated carbocycles. The molecule has 0 N–H and O–H groups in total. The van der Waals surface area contributed by atoms with Crippen LogP contribution in [0.5, 0.6) is 0 Å². The average Bonchev–Trinajstić information content (AvgIpc) is 2.95. The minimum absolute atomic E-state index is 0.166. The van der Waals surface area contributed by atoms with Crippen molar-refractivity contribution in [2.75, 3.05) is 0 Å². The summed E-state index contributed by atoms with van der Waals surface area (Å²) in [6.07, 6.45) is 4.24. The third-order valence-corrected chi connectivity index (χ3v) is 3.87. The van der Waals surface area contributed by atoms with Gasteiger partial charge in [-0.1, -0.05) is 13.5 Å². The lowest BCUT2D eigenvalue weighted by atomic mass is 9.89. The summed E-state index contributed by atoms with van der Waals surface area (Å²) < 4.78 is 11.2. The number of aryl methyl sites for hydroxylation is 1. The molecule has 0 unspecified atom stereocenters. The summed E-state index contributed by atoms with van der Waals surface area (Å²) in [5.41, 5.74) is 2.73. The van der Waals surface area contributed by atoms with Crippen LogP contribution in [0, 0.1) is 12.8 Å². The number of carbonyl (C=O) groups is 1. The van der Waals surface area contributed by atoms with Crippen LogP contribution in [0.3, 0.4) is 0 Å². The lowest BCUT2D eigenvalue weighted by Crippen LogP contribution is -2.14. The van der Waals surface area contributed by atoms with E-state index in [1.54, 1.807) is 6.26 Å². The molecule has 1 aromatic heterocycles. The first-order chi connectivity index (χ1) is 8.56. The third-order valence-electron chi connectivity index (χ3n) is 3.87. The van der Waals surface area contributed by atoms with Crippen LogP contribution >= 0.6 is 0 Å². The van der Waals surface area contributed by atoms with Gasteiger partial charge in [-0.05, 0) is 30.4 Å². The molecule has 0 spiro atoms. The van der Waals surface area contributed by atoms with Gasteiger partial charge in [0.05, 0.1) is 17.9 Å². The van der Waals surface area contributed by atoms with E-state index in [2.05, 4.69) is 13.5 Å². The Morgan fingerprint density at radius 1 is 1.44 bits per heavy atom. The maximum absolute atomic E-state index is 12.3. The molecule has 2 heterocycles. The molecular weight excluding hydrogens is 228 g/mol. The van der Waals surface area contributed by atoms with Crippen LogP contribution < -0.4 is 0 Å². The first kappa shape index (κ1) is 11.7. The van der Waals surface area contributed by atoms with E-state index in [4.69, 9.17) is 9.15 Å². The molecule has 3 heteroatoms. The third kappa shape index (κ3) is 1.93. The molecule has 3 rings (SSSR count). The van der Waals surface area contributed by atoms with Crippen molar-refractivity contribution in [3.63, 3.8) is 0 Å². The van der Waals surface area contributed by atoms with E-state index < -0.39 is 0 Å². The topological polar surface area (TPSA) is 42.7 Å². The lowest BCUT2D eigenvalue weighted by Gasteiger charge is -2.12. The summed E-state index contributed by atoms with van der Waals surface area (Å²) in [5, 5.41) is 0. The van der Waals surface area contributed by atoms with Crippen molar-refractivity contribution in [1.29, 1.82) is 0 Å². The first-order valence-corrected chi connectivity index (χ1v) is 6.49. The van der Waals surface area contributed by atoms with E-state index in [0.29, 0.717) is 18.8 Å². The fourth-order valence-corrected chi connectivity index (χ4v) is 2.89. The van der Waals surface area contributed by atoms with E-state index in [1.807, 2.05) is 6.92 Å². The van der Waals surface area contributed by atoms with Crippen molar-refractivity contribution < 1.29 is 13.9 Å². The quantitative estimate of drug-likeness (QED) is 0.522. The number of fused-ring (bicyclic) bond motifs is 2. The van der Waals surface area contributed by atoms with Gasteiger partial charge in [0, 0.05) is 12.8 Å². The second-order valence-electron chi connectivity index (χ2n) is 5.62. The number of Topliss-reactive ketones (excluding diaryl/α,β-unsaturated/α-hetero) is 1. The molecule has 1 aromatic rings. The van der Waals surface area contributed by atoms with E-state index in [0.717, 1.165) is 28.9 Å². The molecule has 1 aliphatic heterocycles. The molecule has 0 bridgehead atoms. The standard InChI is InChI=1S/C15H18O3/c1-8-4-11(16)14-10(3)7-17-12(14)6-9(2)15-13(5-8)18-15/h7-8,13,15H,2,4-6H2,1,3H3/t8-,13-,15-/m0/s1. The minimum Gasteiger partial charge on any atom is -0.468 e. The molecule has 1 aliphatic carbocycles. The summed E-state index contributed by atoms with van der Waals surface area (Å²) in [6.45, 7) is 8.11. The number of ketones is 1. The molecule has 1 saturated heterocycles. The van der Waals surface area contributed by atoms with Crippen LogP contribution in [0.4, 0.5) is 0 Å². The van der Waals surface area contributed by atoms with Crippen LogP contribution in [-0.2, 0) is 11.2 Å².